The molecule has 1 aliphatic rings. The molecule has 0 aliphatic carbocycles. The van der Waals surface area contributed by atoms with Crippen molar-refractivity contribution in [2.24, 2.45) is 0 Å². The number of nitrogens with zero attached hydrogens (tertiary/aromatic N) is 1. The van der Waals surface area contributed by atoms with Crippen LogP contribution >= 0.6 is 0 Å². The van der Waals surface area contributed by atoms with Crippen molar-refractivity contribution in [3.8, 4) is 5.75 Å². The SMILES string of the molecule is COC(=O)CCc1ccc2c(c1)/C(=C/CCN(C)C)c1ccccc1CO2. The van der Waals surface area contributed by atoms with Crippen LogP contribution in [-0.4, -0.2) is 38.6 Å². The van der Waals surface area contributed by atoms with Gasteiger partial charge < -0.3 is 14.4 Å². The first kappa shape index (κ1) is 19.2. The van der Waals surface area contributed by atoms with E-state index in [0.717, 1.165) is 29.8 Å². The highest BCUT2D eigenvalue weighted by Gasteiger charge is 2.19. The van der Waals surface area contributed by atoms with Gasteiger partial charge in [-0.25, -0.2) is 0 Å². The van der Waals surface area contributed by atoms with E-state index in [4.69, 9.17) is 9.47 Å². The van der Waals surface area contributed by atoms with Crippen LogP contribution in [0.5, 0.6) is 5.75 Å². The van der Waals surface area contributed by atoms with Gasteiger partial charge in [-0.05, 0) is 61.3 Å². The standard InChI is InChI=1S/C23H27NO3/c1-24(2)14-6-9-20-19-8-5-4-7-18(19)16-27-22-12-10-17(15-21(20)22)11-13-23(25)26-3/h4-5,7-10,12,15H,6,11,13-14,16H2,1-3H3/b20-9+. The van der Waals surface area contributed by atoms with Crippen molar-refractivity contribution >= 4 is 11.5 Å². The third kappa shape index (κ3) is 4.77. The summed E-state index contributed by atoms with van der Waals surface area (Å²) in [6.07, 6.45) is 4.30. The molecule has 1 aliphatic heterocycles. The minimum Gasteiger partial charge on any atom is -0.488 e. The van der Waals surface area contributed by atoms with Crippen LogP contribution in [0, 0.1) is 0 Å². The predicted octanol–water partition coefficient (Wildman–Crippen LogP) is 4.07. The molecule has 0 spiro atoms. The molecule has 0 amide bonds. The van der Waals surface area contributed by atoms with Gasteiger partial charge in [-0.15, -0.1) is 0 Å². The molecule has 1 heterocycles. The molecule has 0 atom stereocenters. The normalized spacial score (nSPS) is 14.3. The Morgan fingerprint density at radius 3 is 2.78 bits per heavy atom. The van der Waals surface area contributed by atoms with Crippen molar-refractivity contribution in [1.82, 2.24) is 4.90 Å². The Morgan fingerprint density at radius 2 is 2.00 bits per heavy atom. The van der Waals surface area contributed by atoms with Crippen LogP contribution in [-0.2, 0) is 22.6 Å². The lowest BCUT2D eigenvalue weighted by molar-refractivity contribution is -0.140. The summed E-state index contributed by atoms with van der Waals surface area (Å²) < 4.78 is 10.9. The molecule has 3 rings (SSSR count). The maximum atomic E-state index is 11.5. The van der Waals surface area contributed by atoms with Gasteiger partial charge in [0, 0.05) is 18.5 Å². The van der Waals surface area contributed by atoms with Crippen LogP contribution in [0.2, 0.25) is 0 Å². The van der Waals surface area contributed by atoms with Crippen LogP contribution in [0.3, 0.4) is 0 Å². The van der Waals surface area contributed by atoms with Gasteiger partial charge in [-0.1, -0.05) is 36.4 Å². The van der Waals surface area contributed by atoms with E-state index in [1.807, 2.05) is 12.1 Å². The number of rotatable bonds is 6. The van der Waals surface area contributed by atoms with Crippen molar-refractivity contribution in [2.75, 3.05) is 27.7 Å². The fourth-order valence-electron chi connectivity index (χ4n) is 3.31. The van der Waals surface area contributed by atoms with Gasteiger partial charge >= 0.3 is 5.97 Å². The van der Waals surface area contributed by atoms with Crippen LogP contribution in [0.4, 0.5) is 0 Å². The zero-order chi connectivity index (χ0) is 19.2. The van der Waals surface area contributed by atoms with Crippen molar-refractivity contribution in [2.45, 2.75) is 25.9 Å². The van der Waals surface area contributed by atoms with Gasteiger partial charge in [0.15, 0.2) is 0 Å². The molecule has 0 saturated carbocycles. The second-order valence-electron chi connectivity index (χ2n) is 7.06. The molecular formula is C23H27NO3. The number of benzene rings is 2. The van der Waals surface area contributed by atoms with E-state index < -0.39 is 0 Å². The van der Waals surface area contributed by atoms with Crippen LogP contribution < -0.4 is 4.74 Å². The van der Waals surface area contributed by atoms with E-state index >= 15 is 0 Å². The highest BCUT2D eigenvalue weighted by molar-refractivity contribution is 5.85. The molecule has 2 aromatic carbocycles. The van der Waals surface area contributed by atoms with E-state index in [1.54, 1.807) is 0 Å². The predicted molar refractivity (Wildman–Crippen MR) is 108 cm³/mol. The summed E-state index contributed by atoms with van der Waals surface area (Å²) in [4.78, 5) is 13.7. The number of fused-ring (bicyclic) bond motifs is 2. The Labute approximate surface area is 161 Å². The van der Waals surface area contributed by atoms with Crippen molar-refractivity contribution in [3.63, 3.8) is 0 Å². The van der Waals surface area contributed by atoms with E-state index in [0.29, 0.717) is 19.4 Å². The summed E-state index contributed by atoms with van der Waals surface area (Å²) in [5, 5.41) is 0. The highest BCUT2D eigenvalue weighted by Crippen LogP contribution is 2.37. The van der Waals surface area contributed by atoms with E-state index in [-0.39, 0.29) is 5.97 Å². The first-order valence-electron chi connectivity index (χ1n) is 9.34. The Balaban J connectivity index is 1.98. The lowest BCUT2D eigenvalue weighted by atomic mass is 9.92. The second kappa shape index (κ2) is 8.87. The average molecular weight is 365 g/mol. The van der Waals surface area contributed by atoms with E-state index in [1.165, 1.54) is 23.8 Å². The lowest BCUT2D eigenvalue weighted by Crippen LogP contribution is -2.12. The molecular weight excluding hydrogens is 338 g/mol. The Bertz CT molecular complexity index is 839. The van der Waals surface area contributed by atoms with Gasteiger partial charge in [0.25, 0.3) is 0 Å². The number of hydrogen-bond donors (Lipinski definition) is 0. The topological polar surface area (TPSA) is 38.8 Å². The largest absolute Gasteiger partial charge is 0.488 e. The zero-order valence-corrected chi connectivity index (χ0v) is 16.3. The van der Waals surface area contributed by atoms with Crippen LogP contribution in [0.25, 0.3) is 5.57 Å². The van der Waals surface area contributed by atoms with Gasteiger partial charge in [0.05, 0.1) is 7.11 Å². The summed E-state index contributed by atoms with van der Waals surface area (Å²) in [6.45, 7) is 1.56. The summed E-state index contributed by atoms with van der Waals surface area (Å²) in [5.41, 5.74) is 5.84. The lowest BCUT2D eigenvalue weighted by Gasteiger charge is -2.13. The van der Waals surface area contributed by atoms with Gasteiger partial charge in [-0.3, -0.25) is 4.79 Å². The first-order valence-corrected chi connectivity index (χ1v) is 9.34. The number of esters is 1. The Kier molecular flexibility index (Phi) is 6.30. The highest BCUT2D eigenvalue weighted by atomic mass is 16.5. The molecule has 0 N–H and O–H groups in total. The molecule has 0 saturated heterocycles. The van der Waals surface area contributed by atoms with Gasteiger partial charge in [0.1, 0.15) is 12.4 Å². The average Bonchev–Trinajstić information content (AvgIpc) is 2.83. The monoisotopic (exact) mass is 365 g/mol. The third-order valence-electron chi connectivity index (χ3n) is 4.80. The molecule has 0 unspecified atom stereocenters. The van der Waals surface area contributed by atoms with Crippen molar-refractivity contribution in [3.05, 3.63) is 70.8 Å². The molecule has 0 fully saturated rings. The van der Waals surface area contributed by atoms with Crippen LogP contribution in [0.15, 0.2) is 48.5 Å². The van der Waals surface area contributed by atoms with Gasteiger partial charge in [-0.2, -0.15) is 0 Å². The molecule has 4 heteroatoms. The zero-order valence-electron chi connectivity index (χ0n) is 16.3. The fourth-order valence-corrected chi connectivity index (χ4v) is 3.31. The summed E-state index contributed by atoms with van der Waals surface area (Å²) >= 11 is 0. The minimum atomic E-state index is -0.187. The van der Waals surface area contributed by atoms with Crippen molar-refractivity contribution < 1.29 is 14.3 Å². The van der Waals surface area contributed by atoms with E-state index in [2.05, 4.69) is 55.4 Å². The molecule has 0 bridgehead atoms. The fraction of sp³-hybridized carbons (Fsp3) is 0.348. The molecule has 4 nitrogen and oxygen atoms in total. The summed E-state index contributed by atoms with van der Waals surface area (Å²) in [7, 11) is 5.60. The minimum absolute atomic E-state index is 0.187. The van der Waals surface area contributed by atoms with Crippen LogP contribution in [0.1, 0.15) is 35.1 Å². The van der Waals surface area contributed by atoms with E-state index in [9.17, 15) is 4.79 Å². The van der Waals surface area contributed by atoms with Crippen molar-refractivity contribution in [1.29, 1.82) is 0 Å². The molecule has 0 radical (unpaired) electrons. The number of hydrogen-bond acceptors (Lipinski definition) is 4. The Morgan fingerprint density at radius 1 is 1.19 bits per heavy atom. The number of carbonyl (C=O) groups excluding carboxylic acids is 1. The molecule has 2 aromatic rings. The number of ether oxygens (including phenoxy) is 2. The quantitative estimate of drug-likeness (QED) is 0.724. The third-order valence-corrected chi connectivity index (χ3v) is 4.80. The smallest absolute Gasteiger partial charge is 0.305 e. The molecule has 0 aromatic heterocycles. The summed E-state index contributed by atoms with van der Waals surface area (Å²) in [5.74, 6) is 0.706. The molecule has 142 valence electrons. The number of carbonyl (C=O) groups is 1. The first-order chi connectivity index (χ1) is 13.1. The maximum Gasteiger partial charge on any atom is 0.305 e. The van der Waals surface area contributed by atoms with Gasteiger partial charge in [0.2, 0.25) is 0 Å². The summed E-state index contributed by atoms with van der Waals surface area (Å²) in [6, 6.07) is 14.6. The Hall–Kier alpha value is -2.59. The maximum absolute atomic E-state index is 11.5. The second-order valence-corrected chi connectivity index (χ2v) is 7.06. The number of aryl methyl sites for hydroxylation is 1. The number of methoxy groups -OCH3 is 1. The molecule has 27 heavy (non-hydrogen) atoms.